The fourth-order valence-electron chi connectivity index (χ4n) is 3.66. The molecule has 2 atom stereocenters. The van der Waals surface area contributed by atoms with Crippen molar-refractivity contribution in [3.63, 3.8) is 0 Å². The van der Waals surface area contributed by atoms with E-state index in [2.05, 4.69) is 15.9 Å². The van der Waals surface area contributed by atoms with E-state index >= 15 is 0 Å². The van der Waals surface area contributed by atoms with E-state index in [1.54, 1.807) is 13.2 Å². The van der Waals surface area contributed by atoms with Crippen molar-refractivity contribution >= 4 is 21.8 Å². The maximum atomic E-state index is 11.8. The van der Waals surface area contributed by atoms with Crippen LogP contribution in [0.2, 0.25) is 0 Å². The second-order valence-electron chi connectivity index (χ2n) is 7.10. The predicted octanol–water partition coefficient (Wildman–Crippen LogP) is 1.98. The van der Waals surface area contributed by atoms with Crippen LogP contribution >= 0.6 is 15.9 Å². The molecule has 2 fully saturated rings. The van der Waals surface area contributed by atoms with Gasteiger partial charge in [0, 0.05) is 19.3 Å². The zero-order valence-electron chi connectivity index (χ0n) is 14.0. The summed E-state index contributed by atoms with van der Waals surface area (Å²) >= 11 is 3.44. The number of aromatic nitrogens is 1. The molecule has 2 N–H and O–H groups in total. The van der Waals surface area contributed by atoms with Crippen LogP contribution in [0.1, 0.15) is 32.6 Å². The number of hydrogen-bond acceptors (Lipinski definition) is 4. The summed E-state index contributed by atoms with van der Waals surface area (Å²) in [7, 11) is 1.70. The number of nitrogens with two attached hydrogens (primary N) is 1. The molecule has 3 rings (SSSR count). The summed E-state index contributed by atoms with van der Waals surface area (Å²) in [5, 5.41) is 0. The van der Waals surface area contributed by atoms with Crippen molar-refractivity contribution in [3.8, 4) is 5.75 Å². The van der Waals surface area contributed by atoms with Gasteiger partial charge >= 0.3 is 0 Å². The van der Waals surface area contributed by atoms with Gasteiger partial charge in [-0.3, -0.25) is 9.59 Å². The zero-order valence-corrected chi connectivity index (χ0v) is 15.5. The summed E-state index contributed by atoms with van der Waals surface area (Å²) in [6.07, 6.45) is 5.32. The largest absolute Gasteiger partial charge is 0.489 e. The molecular weight excluding hydrogens is 376 g/mol. The molecule has 1 aromatic heterocycles. The fourth-order valence-corrected chi connectivity index (χ4v) is 4.17. The van der Waals surface area contributed by atoms with Gasteiger partial charge in [-0.05, 0) is 54.5 Å². The van der Waals surface area contributed by atoms with Gasteiger partial charge < -0.3 is 19.8 Å². The molecule has 0 radical (unpaired) electrons. The van der Waals surface area contributed by atoms with E-state index in [0.29, 0.717) is 18.3 Å². The van der Waals surface area contributed by atoms with Crippen LogP contribution in [0.15, 0.2) is 21.5 Å². The number of rotatable bonds is 4. The smallest absolute Gasteiger partial charge is 0.254 e. The number of nitrogens with zero attached hydrogens (tertiary/aromatic N) is 1. The highest BCUT2D eigenvalue weighted by molar-refractivity contribution is 9.10. The molecule has 6 nitrogen and oxygen atoms in total. The van der Waals surface area contributed by atoms with Gasteiger partial charge in [-0.15, -0.1) is 0 Å². The number of halogens is 1. The van der Waals surface area contributed by atoms with Crippen molar-refractivity contribution in [2.45, 2.75) is 44.8 Å². The molecule has 1 saturated carbocycles. The molecule has 132 valence electrons. The third-order valence-corrected chi connectivity index (χ3v) is 5.93. The minimum absolute atomic E-state index is 0.0737. The second kappa shape index (κ2) is 6.52. The monoisotopic (exact) mass is 398 g/mol. The van der Waals surface area contributed by atoms with Gasteiger partial charge in [0.2, 0.25) is 5.91 Å². The van der Waals surface area contributed by atoms with Gasteiger partial charge in [0.15, 0.2) is 0 Å². The Morgan fingerprint density at radius 1 is 1.42 bits per heavy atom. The topological polar surface area (TPSA) is 83.5 Å². The Morgan fingerprint density at radius 3 is 2.62 bits per heavy atom. The molecule has 1 saturated heterocycles. The normalized spacial score (nSPS) is 32.9. The molecule has 0 bridgehead atoms. The number of amides is 1. The standard InChI is InChI=1S/C17H23BrN2O4/c1-17(16(19)22)9-23-15(17)10-3-5-11(6-4-10)24-13-7-14(21)20(2)8-12(13)18/h7-8,10-11,15H,3-6,9H2,1-2H3,(H2,19,22)/t10-,11-,15?,17?. The summed E-state index contributed by atoms with van der Waals surface area (Å²) in [6.45, 7) is 2.31. The quantitative estimate of drug-likeness (QED) is 0.839. The molecule has 0 aromatic carbocycles. The van der Waals surface area contributed by atoms with Crippen LogP contribution in [-0.4, -0.2) is 29.3 Å². The van der Waals surface area contributed by atoms with Gasteiger partial charge in [-0.25, -0.2) is 0 Å². The molecule has 24 heavy (non-hydrogen) atoms. The third kappa shape index (κ3) is 3.11. The van der Waals surface area contributed by atoms with Crippen LogP contribution in [0.25, 0.3) is 0 Å². The summed E-state index contributed by atoms with van der Waals surface area (Å²) in [4.78, 5) is 23.4. The molecule has 0 spiro atoms. The van der Waals surface area contributed by atoms with E-state index < -0.39 is 5.41 Å². The van der Waals surface area contributed by atoms with Crippen LogP contribution in [-0.2, 0) is 16.6 Å². The number of primary amides is 1. The molecule has 1 aliphatic carbocycles. The van der Waals surface area contributed by atoms with E-state index in [-0.39, 0.29) is 23.7 Å². The lowest BCUT2D eigenvalue weighted by Gasteiger charge is -2.49. The van der Waals surface area contributed by atoms with E-state index in [0.717, 1.165) is 30.2 Å². The number of carbonyl (C=O) groups is 1. The van der Waals surface area contributed by atoms with Gasteiger partial charge in [0.05, 0.1) is 28.7 Å². The van der Waals surface area contributed by atoms with E-state index in [1.165, 1.54) is 10.6 Å². The number of ether oxygens (including phenoxy) is 2. The molecule has 2 unspecified atom stereocenters. The van der Waals surface area contributed by atoms with Crippen LogP contribution in [0.3, 0.4) is 0 Å². The average molecular weight is 399 g/mol. The fraction of sp³-hybridized carbons (Fsp3) is 0.647. The summed E-state index contributed by atoms with van der Waals surface area (Å²) < 4.78 is 13.9. The van der Waals surface area contributed by atoms with E-state index in [9.17, 15) is 9.59 Å². The Balaban J connectivity index is 1.59. The van der Waals surface area contributed by atoms with Gasteiger partial charge in [-0.2, -0.15) is 0 Å². The van der Waals surface area contributed by atoms with Gasteiger partial charge in [0.25, 0.3) is 5.56 Å². The van der Waals surface area contributed by atoms with Crippen LogP contribution in [0.4, 0.5) is 0 Å². The minimum Gasteiger partial charge on any atom is -0.489 e. The van der Waals surface area contributed by atoms with Crippen LogP contribution in [0, 0.1) is 11.3 Å². The summed E-state index contributed by atoms with van der Waals surface area (Å²) in [6, 6.07) is 1.51. The maximum absolute atomic E-state index is 11.8. The SMILES string of the molecule is Cn1cc(Br)c(O[C@H]2CC[C@H](C3OCC3(C)C(N)=O)CC2)cc1=O. The Morgan fingerprint density at radius 2 is 2.08 bits per heavy atom. The molecule has 7 heteroatoms. The zero-order chi connectivity index (χ0) is 17.5. The minimum atomic E-state index is -0.535. The first-order chi connectivity index (χ1) is 11.3. The van der Waals surface area contributed by atoms with Crippen molar-refractivity contribution in [1.29, 1.82) is 0 Å². The average Bonchev–Trinajstić information content (AvgIpc) is 2.52. The molecule has 2 aliphatic rings. The highest BCUT2D eigenvalue weighted by Gasteiger charge is 2.53. The first-order valence-corrected chi connectivity index (χ1v) is 9.05. The molecule has 1 aliphatic heterocycles. The Bertz CT molecular complexity index is 696. The lowest BCUT2D eigenvalue weighted by atomic mass is 9.69. The van der Waals surface area contributed by atoms with Gasteiger partial charge in [0.1, 0.15) is 5.75 Å². The number of hydrogen-bond donors (Lipinski definition) is 1. The Labute approximate surface area is 149 Å². The van der Waals surface area contributed by atoms with E-state index in [1.807, 2.05) is 6.92 Å². The second-order valence-corrected chi connectivity index (χ2v) is 7.96. The Kier molecular flexibility index (Phi) is 4.75. The van der Waals surface area contributed by atoms with Gasteiger partial charge in [-0.1, -0.05) is 0 Å². The van der Waals surface area contributed by atoms with E-state index in [4.69, 9.17) is 15.2 Å². The molecule has 1 amide bonds. The van der Waals surface area contributed by atoms with Crippen molar-refractivity contribution in [2.24, 2.45) is 24.1 Å². The van der Waals surface area contributed by atoms with Crippen molar-refractivity contribution < 1.29 is 14.3 Å². The molecular formula is C17H23BrN2O4. The predicted molar refractivity (Wildman–Crippen MR) is 92.8 cm³/mol. The van der Waals surface area contributed by atoms with Crippen LogP contribution in [0.5, 0.6) is 5.75 Å². The lowest BCUT2D eigenvalue weighted by Crippen LogP contribution is -2.60. The highest BCUT2D eigenvalue weighted by Crippen LogP contribution is 2.44. The number of aryl methyl sites for hydroxylation is 1. The maximum Gasteiger partial charge on any atom is 0.254 e. The highest BCUT2D eigenvalue weighted by atomic mass is 79.9. The Hall–Kier alpha value is -1.34. The molecule has 2 heterocycles. The third-order valence-electron chi connectivity index (χ3n) is 5.34. The summed E-state index contributed by atoms with van der Waals surface area (Å²) in [5.74, 6) is 0.646. The van der Waals surface area contributed by atoms with Crippen molar-refractivity contribution in [1.82, 2.24) is 4.57 Å². The first kappa shape index (κ1) is 17.5. The molecule has 1 aromatic rings. The number of pyridine rings is 1. The van der Waals surface area contributed by atoms with Crippen molar-refractivity contribution in [3.05, 3.63) is 27.1 Å². The first-order valence-electron chi connectivity index (χ1n) is 8.25. The number of carbonyl (C=O) groups excluding carboxylic acids is 1. The van der Waals surface area contributed by atoms with Crippen LogP contribution < -0.4 is 16.0 Å². The summed E-state index contributed by atoms with van der Waals surface area (Å²) in [5.41, 5.74) is 4.89. The lowest BCUT2D eigenvalue weighted by molar-refractivity contribution is -0.207. The van der Waals surface area contributed by atoms with Crippen molar-refractivity contribution in [2.75, 3.05) is 6.61 Å².